The van der Waals surface area contributed by atoms with Crippen LogP contribution in [0.4, 0.5) is 5.69 Å². The second-order valence-corrected chi connectivity index (χ2v) is 5.25. The van der Waals surface area contributed by atoms with E-state index < -0.39 is 0 Å². The molecule has 0 saturated carbocycles. The van der Waals surface area contributed by atoms with Crippen LogP contribution in [0.15, 0.2) is 18.2 Å². The normalized spacial score (nSPS) is 16.5. The highest BCUT2D eigenvalue weighted by atomic mass is 15.1. The molecule has 2 rings (SSSR count). The molecule has 1 aliphatic heterocycles. The van der Waals surface area contributed by atoms with Gasteiger partial charge in [-0.1, -0.05) is 19.1 Å². The second-order valence-electron chi connectivity index (χ2n) is 5.25. The molecule has 1 atom stereocenters. The van der Waals surface area contributed by atoms with E-state index in [2.05, 4.69) is 49.2 Å². The molecule has 1 heterocycles. The first kappa shape index (κ1) is 13.4. The van der Waals surface area contributed by atoms with Crippen LogP contribution in [-0.2, 0) is 6.42 Å². The van der Waals surface area contributed by atoms with Gasteiger partial charge in [0.1, 0.15) is 0 Å². The maximum atomic E-state index is 3.57. The number of fused-ring (bicyclic) bond motifs is 1. The summed E-state index contributed by atoms with van der Waals surface area (Å²) >= 11 is 0. The lowest BCUT2D eigenvalue weighted by Crippen LogP contribution is -2.29. The topological polar surface area (TPSA) is 15.3 Å². The Bertz CT molecular complexity index is 387. The highest BCUT2D eigenvalue weighted by Gasteiger charge is 2.16. The number of anilines is 1. The van der Waals surface area contributed by atoms with Crippen LogP contribution in [0.25, 0.3) is 0 Å². The molecule has 1 N–H and O–H groups in total. The van der Waals surface area contributed by atoms with Gasteiger partial charge < -0.3 is 10.2 Å². The molecule has 0 radical (unpaired) electrons. The van der Waals surface area contributed by atoms with Crippen molar-refractivity contribution in [1.29, 1.82) is 0 Å². The van der Waals surface area contributed by atoms with Crippen LogP contribution >= 0.6 is 0 Å². The van der Waals surface area contributed by atoms with Crippen molar-refractivity contribution >= 4 is 5.69 Å². The van der Waals surface area contributed by atoms with Gasteiger partial charge in [-0.3, -0.25) is 0 Å². The van der Waals surface area contributed by atoms with Crippen LogP contribution in [0.3, 0.4) is 0 Å². The summed E-state index contributed by atoms with van der Waals surface area (Å²) in [6.07, 6.45) is 3.72. The molecule has 1 unspecified atom stereocenters. The van der Waals surface area contributed by atoms with Gasteiger partial charge in [-0.2, -0.15) is 0 Å². The van der Waals surface area contributed by atoms with Crippen LogP contribution in [0, 0.1) is 0 Å². The number of benzene rings is 1. The molecule has 1 aromatic carbocycles. The maximum Gasteiger partial charge on any atom is 0.0398 e. The molecule has 1 aromatic rings. The van der Waals surface area contributed by atoms with Gasteiger partial charge >= 0.3 is 0 Å². The summed E-state index contributed by atoms with van der Waals surface area (Å²) in [4.78, 5) is 2.49. The average molecular weight is 246 g/mol. The smallest absolute Gasteiger partial charge is 0.0398 e. The van der Waals surface area contributed by atoms with Crippen molar-refractivity contribution in [3.8, 4) is 0 Å². The fourth-order valence-electron chi connectivity index (χ4n) is 2.77. The number of hydrogen-bond donors (Lipinski definition) is 1. The molecule has 100 valence electrons. The Kier molecular flexibility index (Phi) is 4.65. The fourth-order valence-corrected chi connectivity index (χ4v) is 2.77. The predicted octanol–water partition coefficient (Wildman–Crippen LogP) is 3.52. The van der Waals surface area contributed by atoms with E-state index in [9.17, 15) is 0 Å². The monoisotopic (exact) mass is 246 g/mol. The minimum Gasteiger partial charge on any atom is -0.372 e. The summed E-state index contributed by atoms with van der Waals surface area (Å²) in [5.74, 6) is 0. The molecule has 0 spiro atoms. The van der Waals surface area contributed by atoms with Crippen molar-refractivity contribution in [3.05, 3.63) is 29.3 Å². The van der Waals surface area contributed by atoms with E-state index >= 15 is 0 Å². The van der Waals surface area contributed by atoms with E-state index in [1.54, 1.807) is 0 Å². The number of aryl methyl sites for hydroxylation is 1. The first-order chi connectivity index (χ1) is 8.76. The van der Waals surface area contributed by atoms with Gasteiger partial charge in [0.05, 0.1) is 0 Å². The third-order valence-corrected chi connectivity index (χ3v) is 3.90. The minimum atomic E-state index is 0.465. The quantitative estimate of drug-likeness (QED) is 0.855. The highest BCUT2D eigenvalue weighted by Crippen LogP contribution is 2.29. The maximum absolute atomic E-state index is 3.57. The van der Waals surface area contributed by atoms with E-state index in [1.165, 1.54) is 42.6 Å². The lowest BCUT2D eigenvalue weighted by molar-refractivity contribution is 0.569. The molecule has 0 fully saturated rings. The molecular weight excluding hydrogens is 220 g/mol. The van der Waals surface area contributed by atoms with Crippen LogP contribution in [0.5, 0.6) is 0 Å². The van der Waals surface area contributed by atoms with Crippen LogP contribution in [0.1, 0.15) is 50.8 Å². The average Bonchev–Trinajstić information content (AvgIpc) is 2.43. The Morgan fingerprint density at radius 1 is 1.33 bits per heavy atom. The third kappa shape index (κ3) is 2.86. The SMILES string of the molecule is CCCNC(C)c1ccc2c(c1)CCCN2CC. The number of hydrogen-bond acceptors (Lipinski definition) is 2. The van der Waals surface area contributed by atoms with E-state index in [4.69, 9.17) is 0 Å². The molecule has 0 aromatic heterocycles. The molecule has 1 aliphatic rings. The number of rotatable bonds is 5. The Balaban J connectivity index is 2.16. The molecule has 0 saturated heterocycles. The van der Waals surface area contributed by atoms with Gasteiger partial charge in [0.25, 0.3) is 0 Å². The minimum absolute atomic E-state index is 0.465. The van der Waals surface area contributed by atoms with Gasteiger partial charge in [0.15, 0.2) is 0 Å². The van der Waals surface area contributed by atoms with Crippen LogP contribution in [0.2, 0.25) is 0 Å². The van der Waals surface area contributed by atoms with Crippen molar-refractivity contribution < 1.29 is 0 Å². The Hall–Kier alpha value is -1.02. The van der Waals surface area contributed by atoms with E-state index in [0.29, 0.717) is 6.04 Å². The van der Waals surface area contributed by atoms with Gasteiger partial charge in [0.2, 0.25) is 0 Å². The summed E-state index contributed by atoms with van der Waals surface area (Å²) in [6, 6.07) is 7.48. The highest BCUT2D eigenvalue weighted by molar-refractivity contribution is 5.57. The fraction of sp³-hybridized carbons (Fsp3) is 0.625. The molecule has 0 bridgehead atoms. The predicted molar refractivity (Wildman–Crippen MR) is 79.4 cm³/mol. The standard InChI is InChI=1S/C16H26N2/c1-4-10-17-13(3)14-8-9-16-15(12-14)7-6-11-18(16)5-2/h8-9,12-13,17H,4-7,10-11H2,1-3H3. The second kappa shape index (κ2) is 6.24. The zero-order chi connectivity index (χ0) is 13.0. The Morgan fingerprint density at radius 2 is 2.17 bits per heavy atom. The van der Waals surface area contributed by atoms with Crippen molar-refractivity contribution in [2.24, 2.45) is 0 Å². The lowest BCUT2D eigenvalue weighted by atomic mass is 9.97. The Labute approximate surface area is 111 Å². The molecule has 2 heteroatoms. The summed E-state index contributed by atoms with van der Waals surface area (Å²) in [7, 11) is 0. The van der Waals surface area contributed by atoms with Crippen molar-refractivity contribution in [1.82, 2.24) is 5.32 Å². The van der Waals surface area contributed by atoms with Gasteiger partial charge in [-0.25, -0.2) is 0 Å². The zero-order valence-corrected chi connectivity index (χ0v) is 12.0. The number of nitrogens with one attached hydrogen (secondary N) is 1. The summed E-state index contributed by atoms with van der Waals surface area (Å²) < 4.78 is 0. The van der Waals surface area contributed by atoms with E-state index in [1.807, 2.05) is 0 Å². The summed E-state index contributed by atoms with van der Waals surface area (Å²) in [5, 5.41) is 3.57. The molecule has 18 heavy (non-hydrogen) atoms. The molecule has 2 nitrogen and oxygen atoms in total. The molecule has 0 amide bonds. The van der Waals surface area contributed by atoms with Gasteiger partial charge in [-0.05, 0) is 56.8 Å². The first-order valence-corrected chi connectivity index (χ1v) is 7.37. The first-order valence-electron chi connectivity index (χ1n) is 7.37. The summed E-state index contributed by atoms with van der Waals surface area (Å²) in [5.41, 5.74) is 4.42. The van der Waals surface area contributed by atoms with Crippen molar-refractivity contribution in [2.75, 3.05) is 24.5 Å². The van der Waals surface area contributed by atoms with E-state index in [-0.39, 0.29) is 0 Å². The lowest BCUT2D eigenvalue weighted by Gasteiger charge is -2.31. The van der Waals surface area contributed by atoms with Crippen LogP contribution < -0.4 is 10.2 Å². The van der Waals surface area contributed by atoms with Gasteiger partial charge in [0, 0.05) is 24.8 Å². The molecular formula is C16H26N2. The zero-order valence-electron chi connectivity index (χ0n) is 12.0. The van der Waals surface area contributed by atoms with Crippen molar-refractivity contribution in [3.63, 3.8) is 0 Å². The van der Waals surface area contributed by atoms with Crippen LogP contribution in [-0.4, -0.2) is 19.6 Å². The van der Waals surface area contributed by atoms with E-state index in [0.717, 1.165) is 13.1 Å². The van der Waals surface area contributed by atoms with Crippen molar-refractivity contribution in [2.45, 2.75) is 46.1 Å². The Morgan fingerprint density at radius 3 is 2.89 bits per heavy atom. The third-order valence-electron chi connectivity index (χ3n) is 3.90. The number of nitrogens with zero attached hydrogens (tertiary/aromatic N) is 1. The largest absolute Gasteiger partial charge is 0.372 e. The summed E-state index contributed by atoms with van der Waals surface area (Å²) in [6.45, 7) is 10.2. The van der Waals surface area contributed by atoms with Gasteiger partial charge in [-0.15, -0.1) is 0 Å². The molecule has 0 aliphatic carbocycles.